The highest BCUT2D eigenvalue weighted by Gasteiger charge is 2.34. The van der Waals surface area contributed by atoms with Crippen LogP contribution in [0, 0.1) is 5.82 Å². The number of hydrogen-bond donors (Lipinski definition) is 0. The van der Waals surface area contributed by atoms with Gasteiger partial charge in [0, 0.05) is 17.5 Å². The van der Waals surface area contributed by atoms with Crippen molar-refractivity contribution in [3.05, 3.63) is 74.4 Å². The molecule has 8 heteroatoms. The summed E-state index contributed by atoms with van der Waals surface area (Å²) in [5, 5.41) is 3.88. The quantitative estimate of drug-likeness (QED) is 0.429. The molecule has 5 nitrogen and oxygen atoms in total. The van der Waals surface area contributed by atoms with E-state index in [2.05, 4.69) is 0 Å². The fourth-order valence-electron chi connectivity index (χ4n) is 4.03. The molecule has 4 rings (SSSR count). The molecule has 1 aliphatic heterocycles. The Hall–Kier alpha value is -2.71. The SMILES string of the molecule is CCC(C)N(CC(=O)N1CCc2sccc2C1COc1ccccc1F)C(=O)c1cccs1. The minimum absolute atomic E-state index is 0.00140. The van der Waals surface area contributed by atoms with Gasteiger partial charge in [0.2, 0.25) is 5.91 Å². The molecule has 0 N–H and O–H groups in total. The van der Waals surface area contributed by atoms with Gasteiger partial charge in [0.05, 0.1) is 10.9 Å². The van der Waals surface area contributed by atoms with E-state index in [1.54, 1.807) is 45.4 Å². The lowest BCUT2D eigenvalue weighted by atomic mass is 10.00. The third-order valence-electron chi connectivity index (χ3n) is 6.07. The fourth-order valence-corrected chi connectivity index (χ4v) is 5.64. The van der Waals surface area contributed by atoms with Gasteiger partial charge in [-0.2, -0.15) is 0 Å². The van der Waals surface area contributed by atoms with Crippen LogP contribution >= 0.6 is 22.7 Å². The molecule has 2 amide bonds. The largest absolute Gasteiger partial charge is 0.488 e. The minimum Gasteiger partial charge on any atom is -0.488 e. The van der Waals surface area contributed by atoms with E-state index in [1.165, 1.54) is 22.3 Å². The Balaban J connectivity index is 1.55. The topological polar surface area (TPSA) is 49.9 Å². The standard InChI is InChI=1S/C25H27FN2O3S2/c1-3-17(2)28(25(30)23-9-6-13-32-23)15-24(29)27-12-10-22-18(11-14-33-22)20(27)16-31-21-8-5-4-7-19(21)26/h4-9,11,13-14,17,20H,3,10,12,15-16H2,1-2H3. The number of para-hydroxylation sites is 1. The van der Waals surface area contributed by atoms with E-state index in [0.717, 1.165) is 18.4 Å². The summed E-state index contributed by atoms with van der Waals surface area (Å²) in [4.78, 5) is 31.9. The summed E-state index contributed by atoms with van der Waals surface area (Å²) in [6.07, 6.45) is 1.51. The summed E-state index contributed by atoms with van der Waals surface area (Å²) >= 11 is 3.04. The Morgan fingerprint density at radius 1 is 1.18 bits per heavy atom. The van der Waals surface area contributed by atoms with Crippen molar-refractivity contribution in [1.82, 2.24) is 9.80 Å². The number of benzene rings is 1. The lowest BCUT2D eigenvalue weighted by Gasteiger charge is -2.38. The van der Waals surface area contributed by atoms with E-state index in [4.69, 9.17) is 4.74 Å². The predicted octanol–water partition coefficient (Wildman–Crippen LogP) is 5.39. The van der Waals surface area contributed by atoms with Crippen molar-refractivity contribution >= 4 is 34.5 Å². The Bertz CT molecular complexity index is 1100. The van der Waals surface area contributed by atoms with E-state index in [0.29, 0.717) is 11.4 Å². The normalized spacial score (nSPS) is 16.2. The Kier molecular flexibility index (Phi) is 7.45. The zero-order valence-corrected chi connectivity index (χ0v) is 20.3. The number of carbonyl (C=O) groups excluding carboxylic acids is 2. The molecule has 0 spiro atoms. The van der Waals surface area contributed by atoms with Gasteiger partial charge in [-0.15, -0.1) is 22.7 Å². The zero-order chi connectivity index (χ0) is 23.4. The van der Waals surface area contributed by atoms with Crippen LogP contribution in [0.4, 0.5) is 4.39 Å². The summed E-state index contributed by atoms with van der Waals surface area (Å²) in [6, 6.07) is 11.5. The summed E-state index contributed by atoms with van der Waals surface area (Å²) in [5.41, 5.74) is 1.04. The molecule has 2 aromatic heterocycles. The summed E-state index contributed by atoms with van der Waals surface area (Å²) in [7, 11) is 0. The van der Waals surface area contributed by atoms with Gasteiger partial charge in [-0.1, -0.05) is 25.1 Å². The van der Waals surface area contributed by atoms with Crippen molar-refractivity contribution in [3.8, 4) is 5.75 Å². The van der Waals surface area contributed by atoms with Gasteiger partial charge in [-0.3, -0.25) is 9.59 Å². The molecule has 2 unspecified atom stereocenters. The van der Waals surface area contributed by atoms with Gasteiger partial charge < -0.3 is 14.5 Å². The van der Waals surface area contributed by atoms with Gasteiger partial charge >= 0.3 is 0 Å². The number of ether oxygens (including phenoxy) is 1. The first-order valence-electron chi connectivity index (χ1n) is 11.1. The number of rotatable bonds is 8. The van der Waals surface area contributed by atoms with E-state index in [1.807, 2.05) is 36.7 Å². The van der Waals surface area contributed by atoms with Crippen molar-refractivity contribution < 1.29 is 18.7 Å². The molecule has 0 radical (unpaired) electrons. The van der Waals surface area contributed by atoms with Crippen LogP contribution in [0.3, 0.4) is 0 Å². The molecular weight excluding hydrogens is 459 g/mol. The highest BCUT2D eigenvalue weighted by atomic mass is 32.1. The Morgan fingerprint density at radius 2 is 2.00 bits per heavy atom. The molecule has 3 aromatic rings. The van der Waals surface area contributed by atoms with Gasteiger partial charge in [0.25, 0.3) is 5.91 Å². The zero-order valence-electron chi connectivity index (χ0n) is 18.7. The first-order chi connectivity index (χ1) is 16.0. The number of halogens is 1. The third-order valence-corrected chi connectivity index (χ3v) is 7.92. The third kappa shape index (κ3) is 5.12. The van der Waals surface area contributed by atoms with Crippen molar-refractivity contribution in [2.24, 2.45) is 0 Å². The van der Waals surface area contributed by atoms with Crippen molar-refractivity contribution in [3.63, 3.8) is 0 Å². The maximum atomic E-state index is 14.1. The second-order valence-corrected chi connectivity index (χ2v) is 10.0. The van der Waals surface area contributed by atoms with E-state index < -0.39 is 5.82 Å². The average molecular weight is 487 g/mol. The van der Waals surface area contributed by atoms with Gasteiger partial charge in [-0.05, 0) is 60.4 Å². The maximum absolute atomic E-state index is 14.1. The second-order valence-electron chi connectivity index (χ2n) is 8.06. The maximum Gasteiger partial charge on any atom is 0.264 e. The highest BCUT2D eigenvalue weighted by molar-refractivity contribution is 7.12. The predicted molar refractivity (Wildman–Crippen MR) is 129 cm³/mol. The lowest BCUT2D eigenvalue weighted by Crippen LogP contribution is -2.49. The van der Waals surface area contributed by atoms with Crippen molar-refractivity contribution in [2.75, 3.05) is 19.7 Å². The number of nitrogens with zero attached hydrogens (tertiary/aromatic N) is 2. The van der Waals surface area contributed by atoms with Crippen LogP contribution in [0.5, 0.6) is 5.75 Å². The molecule has 0 saturated carbocycles. The van der Waals surface area contributed by atoms with Gasteiger partial charge in [0.1, 0.15) is 13.2 Å². The molecule has 1 aromatic carbocycles. The molecule has 0 saturated heterocycles. The molecule has 2 atom stereocenters. The fraction of sp³-hybridized carbons (Fsp3) is 0.360. The van der Waals surface area contributed by atoms with Crippen LogP contribution in [0.25, 0.3) is 0 Å². The number of amides is 2. The molecule has 3 heterocycles. The van der Waals surface area contributed by atoms with Crippen LogP contribution in [0.15, 0.2) is 53.2 Å². The Labute approximate surface area is 201 Å². The lowest BCUT2D eigenvalue weighted by molar-refractivity contribution is -0.136. The first-order valence-corrected chi connectivity index (χ1v) is 12.8. The summed E-state index contributed by atoms with van der Waals surface area (Å²) in [5.74, 6) is -0.512. The monoisotopic (exact) mass is 486 g/mol. The summed E-state index contributed by atoms with van der Waals surface area (Å²) in [6.45, 7) is 4.66. The number of carbonyl (C=O) groups is 2. The van der Waals surface area contributed by atoms with Gasteiger partial charge in [-0.25, -0.2) is 4.39 Å². The molecule has 0 bridgehead atoms. The van der Waals surface area contributed by atoms with Crippen LogP contribution in [-0.4, -0.2) is 47.4 Å². The van der Waals surface area contributed by atoms with Crippen molar-refractivity contribution in [1.29, 1.82) is 0 Å². The van der Waals surface area contributed by atoms with E-state index in [9.17, 15) is 14.0 Å². The second kappa shape index (κ2) is 10.5. The molecule has 174 valence electrons. The average Bonchev–Trinajstić information content (AvgIpc) is 3.53. The van der Waals surface area contributed by atoms with E-state index >= 15 is 0 Å². The van der Waals surface area contributed by atoms with Crippen LogP contribution in [-0.2, 0) is 11.2 Å². The molecular formula is C25H27FN2O3S2. The Morgan fingerprint density at radius 3 is 2.73 bits per heavy atom. The number of thiophene rings is 2. The molecule has 0 aliphatic carbocycles. The van der Waals surface area contributed by atoms with Crippen LogP contribution in [0.1, 0.15) is 46.4 Å². The molecule has 1 aliphatic rings. The van der Waals surface area contributed by atoms with Crippen LogP contribution < -0.4 is 4.74 Å². The molecule has 0 fully saturated rings. The summed E-state index contributed by atoms with van der Waals surface area (Å²) < 4.78 is 19.9. The minimum atomic E-state index is -0.429. The van der Waals surface area contributed by atoms with Crippen LogP contribution in [0.2, 0.25) is 0 Å². The van der Waals surface area contributed by atoms with Crippen molar-refractivity contribution in [2.45, 2.75) is 38.8 Å². The van der Waals surface area contributed by atoms with Gasteiger partial charge in [0.15, 0.2) is 11.6 Å². The smallest absolute Gasteiger partial charge is 0.264 e. The number of hydrogen-bond acceptors (Lipinski definition) is 5. The highest BCUT2D eigenvalue weighted by Crippen LogP contribution is 2.34. The first kappa shape index (κ1) is 23.4. The number of fused-ring (bicyclic) bond motifs is 1. The van der Waals surface area contributed by atoms with E-state index in [-0.39, 0.29) is 42.8 Å². The molecule has 33 heavy (non-hydrogen) atoms.